The van der Waals surface area contributed by atoms with Crippen LogP contribution >= 0.6 is 12.2 Å². The molecule has 0 saturated carbocycles. The zero-order valence-corrected chi connectivity index (χ0v) is 13.5. The summed E-state index contributed by atoms with van der Waals surface area (Å²) in [7, 11) is 0. The van der Waals surface area contributed by atoms with Crippen LogP contribution in [0.25, 0.3) is 0 Å². The fraction of sp³-hybridized carbons (Fsp3) is 0.176. The van der Waals surface area contributed by atoms with Crippen LogP contribution in [0.2, 0.25) is 0 Å². The van der Waals surface area contributed by atoms with Crippen LogP contribution in [0.4, 0.5) is 5.69 Å². The standard InChI is InChI=1S/C17H18N2O3S/c1-2-9-22-15-8-3-5-12(10-15)16(21)19-17(23)18-13-6-4-7-14(20)11-13/h3-8,10-11,20H,2,9H2,1H3,(H2,18,19,21,23). The van der Waals surface area contributed by atoms with E-state index in [1.54, 1.807) is 42.5 Å². The maximum absolute atomic E-state index is 12.2. The summed E-state index contributed by atoms with van der Waals surface area (Å²) in [5.74, 6) is 0.431. The van der Waals surface area contributed by atoms with E-state index in [0.29, 0.717) is 23.6 Å². The van der Waals surface area contributed by atoms with Gasteiger partial charge >= 0.3 is 0 Å². The molecule has 0 spiro atoms. The quantitative estimate of drug-likeness (QED) is 0.734. The Balaban J connectivity index is 1.97. The van der Waals surface area contributed by atoms with E-state index in [0.717, 1.165) is 6.42 Å². The summed E-state index contributed by atoms with van der Waals surface area (Å²) < 4.78 is 5.50. The first-order valence-electron chi connectivity index (χ1n) is 7.22. The number of aromatic hydroxyl groups is 1. The average Bonchev–Trinajstić information content (AvgIpc) is 2.53. The number of carbonyl (C=O) groups is 1. The van der Waals surface area contributed by atoms with Gasteiger partial charge in [-0.2, -0.15) is 0 Å². The summed E-state index contributed by atoms with van der Waals surface area (Å²) in [5.41, 5.74) is 1.05. The third kappa shape index (κ3) is 5.27. The van der Waals surface area contributed by atoms with Gasteiger partial charge in [-0.3, -0.25) is 10.1 Å². The van der Waals surface area contributed by atoms with Gasteiger partial charge in [0.15, 0.2) is 5.11 Å². The molecule has 0 aliphatic carbocycles. The van der Waals surface area contributed by atoms with Crippen molar-refractivity contribution in [3.8, 4) is 11.5 Å². The second-order valence-corrected chi connectivity index (χ2v) is 5.24. The van der Waals surface area contributed by atoms with Crippen LogP contribution in [0.5, 0.6) is 11.5 Å². The highest BCUT2D eigenvalue weighted by molar-refractivity contribution is 7.80. The van der Waals surface area contributed by atoms with Gasteiger partial charge in [-0.15, -0.1) is 0 Å². The Labute approximate surface area is 140 Å². The van der Waals surface area contributed by atoms with Gasteiger partial charge in [-0.25, -0.2) is 0 Å². The van der Waals surface area contributed by atoms with E-state index in [9.17, 15) is 9.90 Å². The molecule has 2 aromatic carbocycles. The molecule has 6 heteroatoms. The Morgan fingerprint density at radius 3 is 2.74 bits per heavy atom. The number of amides is 1. The van der Waals surface area contributed by atoms with E-state index in [-0.39, 0.29) is 16.8 Å². The second-order valence-electron chi connectivity index (χ2n) is 4.83. The van der Waals surface area contributed by atoms with Gasteiger partial charge in [0.1, 0.15) is 11.5 Å². The minimum Gasteiger partial charge on any atom is -0.508 e. The van der Waals surface area contributed by atoms with Crippen molar-refractivity contribution < 1.29 is 14.6 Å². The molecule has 2 rings (SSSR count). The van der Waals surface area contributed by atoms with Gasteiger partial charge in [0.2, 0.25) is 0 Å². The number of ether oxygens (including phenoxy) is 1. The molecule has 3 N–H and O–H groups in total. The van der Waals surface area contributed by atoms with Gasteiger partial charge in [0, 0.05) is 17.3 Å². The Hall–Kier alpha value is -2.60. The number of benzene rings is 2. The molecule has 0 bridgehead atoms. The first-order valence-corrected chi connectivity index (χ1v) is 7.63. The SMILES string of the molecule is CCCOc1cccc(C(=O)NC(=S)Nc2cccc(O)c2)c1. The van der Waals surface area contributed by atoms with Gasteiger partial charge in [0.25, 0.3) is 5.91 Å². The van der Waals surface area contributed by atoms with Gasteiger partial charge in [0.05, 0.1) is 6.61 Å². The van der Waals surface area contributed by atoms with E-state index in [4.69, 9.17) is 17.0 Å². The number of hydrogen-bond donors (Lipinski definition) is 3. The number of nitrogens with one attached hydrogen (secondary N) is 2. The molecule has 0 saturated heterocycles. The molecular formula is C17H18N2O3S. The molecule has 0 heterocycles. The highest BCUT2D eigenvalue weighted by Crippen LogP contribution is 2.16. The monoisotopic (exact) mass is 330 g/mol. The van der Waals surface area contributed by atoms with Crippen molar-refractivity contribution in [3.05, 3.63) is 54.1 Å². The number of carbonyl (C=O) groups excluding carboxylic acids is 1. The topological polar surface area (TPSA) is 70.6 Å². The molecule has 2 aromatic rings. The number of phenolic OH excluding ortho intramolecular Hbond substituents is 1. The van der Waals surface area contributed by atoms with Crippen LogP contribution in [0, 0.1) is 0 Å². The predicted molar refractivity (Wildman–Crippen MR) is 94.0 cm³/mol. The lowest BCUT2D eigenvalue weighted by atomic mass is 10.2. The zero-order valence-electron chi connectivity index (χ0n) is 12.7. The molecule has 0 aliphatic rings. The Bertz CT molecular complexity index is 704. The lowest BCUT2D eigenvalue weighted by molar-refractivity contribution is 0.0977. The smallest absolute Gasteiger partial charge is 0.257 e. The van der Waals surface area contributed by atoms with Crippen LogP contribution in [0.15, 0.2) is 48.5 Å². The van der Waals surface area contributed by atoms with Crippen LogP contribution < -0.4 is 15.4 Å². The Morgan fingerprint density at radius 2 is 2.00 bits per heavy atom. The van der Waals surface area contributed by atoms with Crippen LogP contribution in [-0.2, 0) is 0 Å². The second kappa shape index (κ2) is 8.14. The maximum atomic E-state index is 12.2. The van der Waals surface area contributed by atoms with Gasteiger partial charge in [-0.05, 0) is 49.0 Å². The van der Waals surface area contributed by atoms with Gasteiger partial charge < -0.3 is 15.2 Å². The minimum absolute atomic E-state index is 0.116. The van der Waals surface area contributed by atoms with Crippen molar-refractivity contribution >= 4 is 28.9 Å². The largest absolute Gasteiger partial charge is 0.508 e. The van der Waals surface area contributed by atoms with E-state index in [1.807, 2.05) is 6.92 Å². The normalized spacial score (nSPS) is 9.96. The summed E-state index contributed by atoms with van der Waals surface area (Å²) in [5, 5.41) is 15.0. The number of thiocarbonyl (C=S) groups is 1. The molecule has 0 fully saturated rings. The third-order valence-corrected chi connectivity index (χ3v) is 3.10. The highest BCUT2D eigenvalue weighted by atomic mass is 32.1. The molecule has 0 atom stereocenters. The third-order valence-electron chi connectivity index (χ3n) is 2.90. The zero-order chi connectivity index (χ0) is 16.7. The molecule has 0 unspecified atom stereocenters. The molecular weight excluding hydrogens is 312 g/mol. The number of anilines is 1. The fourth-order valence-corrected chi connectivity index (χ4v) is 2.08. The Kier molecular flexibility index (Phi) is 5.94. The predicted octanol–water partition coefficient (Wildman–Crippen LogP) is 3.31. The van der Waals surface area contributed by atoms with E-state index >= 15 is 0 Å². The lowest BCUT2D eigenvalue weighted by Gasteiger charge is -2.11. The molecule has 0 radical (unpaired) electrons. The summed E-state index contributed by atoms with van der Waals surface area (Å²) in [6.45, 7) is 2.62. The van der Waals surface area contributed by atoms with Crippen LogP contribution in [0.3, 0.4) is 0 Å². The van der Waals surface area contributed by atoms with Crippen LogP contribution in [-0.4, -0.2) is 22.7 Å². The highest BCUT2D eigenvalue weighted by Gasteiger charge is 2.09. The van der Waals surface area contributed by atoms with Crippen molar-refractivity contribution in [1.29, 1.82) is 0 Å². The molecule has 0 aromatic heterocycles. The average molecular weight is 330 g/mol. The molecule has 0 aliphatic heterocycles. The summed E-state index contributed by atoms with van der Waals surface area (Å²) in [6, 6.07) is 13.4. The van der Waals surface area contributed by atoms with Crippen molar-refractivity contribution in [2.75, 3.05) is 11.9 Å². The van der Waals surface area contributed by atoms with Gasteiger partial charge in [-0.1, -0.05) is 19.1 Å². The number of hydrogen-bond acceptors (Lipinski definition) is 4. The molecule has 120 valence electrons. The van der Waals surface area contributed by atoms with Crippen molar-refractivity contribution in [3.63, 3.8) is 0 Å². The van der Waals surface area contributed by atoms with E-state index < -0.39 is 0 Å². The minimum atomic E-state index is -0.329. The fourth-order valence-electron chi connectivity index (χ4n) is 1.87. The maximum Gasteiger partial charge on any atom is 0.257 e. The van der Waals surface area contributed by atoms with Crippen molar-refractivity contribution in [2.45, 2.75) is 13.3 Å². The van der Waals surface area contributed by atoms with Crippen molar-refractivity contribution in [2.24, 2.45) is 0 Å². The summed E-state index contributed by atoms with van der Waals surface area (Å²) in [6.07, 6.45) is 0.897. The first-order chi connectivity index (χ1) is 11.1. The Morgan fingerprint density at radius 1 is 1.22 bits per heavy atom. The van der Waals surface area contributed by atoms with E-state index in [2.05, 4.69) is 10.6 Å². The van der Waals surface area contributed by atoms with Crippen LogP contribution in [0.1, 0.15) is 23.7 Å². The van der Waals surface area contributed by atoms with E-state index in [1.165, 1.54) is 6.07 Å². The first kappa shape index (κ1) is 16.8. The van der Waals surface area contributed by atoms with Crippen molar-refractivity contribution in [1.82, 2.24) is 5.32 Å². The summed E-state index contributed by atoms with van der Waals surface area (Å²) >= 11 is 5.10. The number of phenols is 1. The molecule has 23 heavy (non-hydrogen) atoms. The molecule has 5 nitrogen and oxygen atoms in total. The number of rotatable bonds is 5. The lowest BCUT2D eigenvalue weighted by Crippen LogP contribution is -2.34. The molecule has 1 amide bonds. The summed E-state index contributed by atoms with van der Waals surface area (Å²) in [4.78, 5) is 12.2.